The first-order valence-electron chi connectivity index (χ1n) is 37.0. The highest BCUT2D eigenvalue weighted by Crippen LogP contribution is 2.40. The lowest BCUT2D eigenvalue weighted by Crippen LogP contribution is -2.37. The van der Waals surface area contributed by atoms with Gasteiger partial charge in [0.25, 0.3) is 0 Å². The van der Waals surface area contributed by atoms with Gasteiger partial charge in [-0.3, -0.25) is 19.2 Å². The van der Waals surface area contributed by atoms with Gasteiger partial charge in [0, 0.05) is 47.3 Å². The normalized spacial score (nSPS) is 14.6. The molecule has 3 aliphatic heterocycles. The Kier molecular flexibility index (Phi) is 23.4. The van der Waals surface area contributed by atoms with E-state index in [1.54, 1.807) is 24.5 Å². The number of Topliss-reactive ketones (excluding diaryl/α,β-unsaturated/α-hetero) is 3. The van der Waals surface area contributed by atoms with Crippen molar-refractivity contribution in [2.24, 2.45) is 0 Å². The third-order valence-electron chi connectivity index (χ3n) is 21.0. The maximum Gasteiger partial charge on any atom is 0.416 e. The number of halogens is 9. The van der Waals surface area contributed by atoms with Crippen molar-refractivity contribution in [3.05, 3.63) is 275 Å². The Morgan fingerprint density at radius 2 is 0.757 bits per heavy atom. The van der Waals surface area contributed by atoms with Gasteiger partial charge < -0.3 is 15.5 Å². The number of hydrogen-bond acceptors (Lipinski definition) is 10. The molecule has 13 nitrogen and oxygen atoms in total. The zero-order valence-electron chi connectivity index (χ0n) is 61.5. The van der Waals surface area contributed by atoms with Gasteiger partial charge in [0.2, 0.25) is 5.91 Å². The number of nitrogens with one attached hydrogen (secondary N) is 2. The van der Waals surface area contributed by atoms with Crippen LogP contribution in [0.2, 0.25) is 0 Å². The van der Waals surface area contributed by atoms with Gasteiger partial charge in [0.1, 0.15) is 11.4 Å². The van der Waals surface area contributed by atoms with E-state index in [9.17, 15) is 58.7 Å². The van der Waals surface area contributed by atoms with Gasteiger partial charge in [-0.1, -0.05) is 127 Å². The third kappa shape index (κ3) is 18.7. The predicted molar refractivity (Wildman–Crippen MR) is 413 cm³/mol. The molecule has 0 unspecified atom stereocenters. The van der Waals surface area contributed by atoms with Gasteiger partial charge in [-0.05, 0) is 278 Å². The van der Waals surface area contributed by atoms with E-state index in [1.807, 2.05) is 66.4 Å². The van der Waals surface area contributed by atoms with Crippen LogP contribution in [-0.4, -0.2) is 97.4 Å². The first-order valence-corrected chi connectivity index (χ1v) is 37.0. The summed E-state index contributed by atoms with van der Waals surface area (Å²) in [4.78, 5) is 50.9. The fourth-order valence-electron chi connectivity index (χ4n) is 14.6. The van der Waals surface area contributed by atoms with Crippen LogP contribution in [0.25, 0.3) is 89.2 Å². The molecule has 3 saturated heterocycles. The minimum absolute atomic E-state index is 0.0527. The largest absolute Gasteiger partial charge is 0.416 e. The summed E-state index contributed by atoms with van der Waals surface area (Å²) in [5.41, 5.74) is 13.8. The monoisotopic (exact) mass is 1510 g/mol. The predicted octanol–water partition coefficient (Wildman–Crippen LogP) is 21.1. The van der Waals surface area contributed by atoms with Gasteiger partial charge in [0.15, 0.2) is 17.3 Å². The van der Waals surface area contributed by atoms with Crippen LogP contribution in [0.1, 0.15) is 155 Å². The first-order chi connectivity index (χ1) is 53.2. The molecule has 15 rings (SSSR count). The molecule has 12 aromatic rings. The number of amides is 1. The molecular weight excluding hydrogens is 1430 g/mol. The molecule has 568 valence electrons. The second-order valence-corrected chi connectivity index (χ2v) is 28.4. The number of hydrogen-bond donors (Lipinski definition) is 2. The fraction of sp³-hybridized carbons (Fsp3) is 0.258. The number of benzene rings is 10. The quantitative estimate of drug-likeness (QED) is 0.0748. The number of alkyl halides is 9. The standard InChI is InChI=1S/C33H30F3NO2.2C28H25F3N4O/c1-3-32(39)37-16-14-24(15-17-37)22-4-6-25(7-5-22)31-20-27(21(2)38)19-28-18-26(10-13-30(28)31)23-8-11-29(12-9-23)33(34,35)36;1-18(36)22-14-23(20-4-2-19(3-5-20)21-10-12-32-13-11-21)16-24(15-22)27-17-35(34-33-27)26-8-6-25(7-9-26)28(29,30)31;1-18(36)23-14-24(20-4-2-19(3-5-20)21-10-12-32-13-11-21)16-26(15-23)35-17-27(33-34-35)22-6-8-25(9-7-22)28(29,30)31/h4-13,18-20,24H,3,14-17H2,1-2H3;2*2-9,14-17,21,32H,10-13H2,1H3. The summed E-state index contributed by atoms with van der Waals surface area (Å²) in [6, 6.07) is 60.7. The van der Waals surface area contributed by atoms with Crippen molar-refractivity contribution in [2.75, 3.05) is 39.3 Å². The zero-order chi connectivity index (χ0) is 78.3. The van der Waals surface area contributed by atoms with E-state index in [0.29, 0.717) is 80.3 Å². The lowest BCUT2D eigenvalue weighted by molar-refractivity contribution is -0.138. The van der Waals surface area contributed by atoms with Gasteiger partial charge >= 0.3 is 18.5 Å². The summed E-state index contributed by atoms with van der Waals surface area (Å²) in [5, 5.41) is 25.2. The van der Waals surface area contributed by atoms with Gasteiger partial charge in [-0.2, -0.15) is 39.5 Å². The van der Waals surface area contributed by atoms with Crippen molar-refractivity contribution in [2.45, 2.75) is 109 Å². The van der Waals surface area contributed by atoms with Crippen LogP contribution in [0.3, 0.4) is 0 Å². The van der Waals surface area contributed by atoms with E-state index in [0.717, 1.165) is 164 Å². The third-order valence-corrected chi connectivity index (χ3v) is 21.0. The molecular formula is C89H80F9N9O4. The van der Waals surface area contributed by atoms with Crippen molar-refractivity contribution in [1.29, 1.82) is 0 Å². The number of aromatic nitrogens is 6. The van der Waals surface area contributed by atoms with E-state index >= 15 is 0 Å². The summed E-state index contributed by atoms with van der Waals surface area (Å²) in [7, 11) is 0. The maximum absolute atomic E-state index is 13.0. The summed E-state index contributed by atoms with van der Waals surface area (Å²) >= 11 is 0. The maximum atomic E-state index is 13.0. The smallest absolute Gasteiger partial charge is 0.343 e. The van der Waals surface area contributed by atoms with Crippen molar-refractivity contribution >= 4 is 34.0 Å². The number of nitrogens with zero attached hydrogens (tertiary/aromatic N) is 7. The Labute approximate surface area is 636 Å². The van der Waals surface area contributed by atoms with E-state index in [4.69, 9.17) is 0 Å². The highest BCUT2D eigenvalue weighted by atomic mass is 19.4. The molecule has 2 aromatic heterocycles. The molecule has 0 atom stereocenters. The van der Waals surface area contributed by atoms with Gasteiger partial charge in [0.05, 0.1) is 40.5 Å². The summed E-state index contributed by atoms with van der Waals surface area (Å²) in [6.07, 6.45) is -2.97. The second-order valence-electron chi connectivity index (χ2n) is 28.4. The molecule has 0 saturated carbocycles. The Bertz CT molecular complexity index is 5090. The van der Waals surface area contributed by atoms with Gasteiger partial charge in [-0.25, -0.2) is 9.36 Å². The van der Waals surface area contributed by atoms with Crippen molar-refractivity contribution < 1.29 is 58.7 Å². The Balaban J connectivity index is 0.000000146. The molecule has 0 spiro atoms. The summed E-state index contributed by atoms with van der Waals surface area (Å²) < 4.78 is 119. The molecule has 111 heavy (non-hydrogen) atoms. The van der Waals surface area contributed by atoms with E-state index in [1.165, 1.54) is 83.2 Å². The lowest BCUT2D eigenvalue weighted by atomic mass is 9.87. The summed E-state index contributed by atoms with van der Waals surface area (Å²) in [5.74, 6) is 1.53. The lowest BCUT2D eigenvalue weighted by Gasteiger charge is -2.32. The van der Waals surface area contributed by atoms with Crippen LogP contribution < -0.4 is 10.6 Å². The van der Waals surface area contributed by atoms with Crippen LogP contribution in [-0.2, 0) is 23.3 Å². The molecule has 22 heteroatoms. The van der Waals surface area contributed by atoms with Crippen molar-refractivity contribution in [3.63, 3.8) is 0 Å². The summed E-state index contributed by atoms with van der Waals surface area (Å²) in [6.45, 7) is 12.1. The zero-order valence-corrected chi connectivity index (χ0v) is 61.5. The number of rotatable bonds is 15. The number of fused-ring (bicyclic) bond motifs is 1. The van der Waals surface area contributed by atoms with Gasteiger partial charge in [-0.15, -0.1) is 10.2 Å². The Morgan fingerprint density at radius 1 is 0.378 bits per heavy atom. The first kappa shape index (κ1) is 77.7. The molecule has 5 heterocycles. The van der Waals surface area contributed by atoms with E-state index < -0.39 is 35.2 Å². The average Bonchev–Trinajstić information content (AvgIpc) is 1.51. The number of carbonyl (C=O) groups excluding carboxylic acids is 4. The molecule has 3 fully saturated rings. The highest BCUT2D eigenvalue weighted by molar-refractivity contribution is 6.06. The van der Waals surface area contributed by atoms with Crippen LogP contribution in [0, 0.1) is 0 Å². The minimum Gasteiger partial charge on any atom is -0.343 e. The number of carbonyl (C=O) groups is 4. The van der Waals surface area contributed by atoms with Crippen LogP contribution >= 0.6 is 0 Å². The molecule has 0 aliphatic carbocycles. The second kappa shape index (κ2) is 33.4. The van der Waals surface area contributed by atoms with Crippen molar-refractivity contribution in [1.82, 2.24) is 45.5 Å². The van der Waals surface area contributed by atoms with Crippen LogP contribution in [0.4, 0.5) is 39.5 Å². The molecule has 1 amide bonds. The average molecular weight is 1510 g/mol. The fourth-order valence-corrected chi connectivity index (χ4v) is 14.6. The van der Waals surface area contributed by atoms with E-state index in [2.05, 4.69) is 104 Å². The molecule has 0 bridgehead atoms. The number of likely N-dealkylation sites (tertiary alicyclic amines) is 1. The highest BCUT2D eigenvalue weighted by Gasteiger charge is 2.33. The topological polar surface area (TPSA) is 157 Å². The molecule has 0 radical (unpaired) electrons. The molecule has 3 aliphatic rings. The van der Waals surface area contributed by atoms with Crippen LogP contribution in [0.15, 0.2) is 225 Å². The Hall–Kier alpha value is -11.5. The minimum atomic E-state index is -4.40. The van der Waals surface area contributed by atoms with Crippen LogP contribution in [0.5, 0.6) is 0 Å². The number of piperidine rings is 3. The molecule has 2 N–H and O–H groups in total. The van der Waals surface area contributed by atoms with Crippen molar-refractivity contribution in [3.8, 4) is 78.4 Å². The Morgan fingerprint density at radius 3 is 1.23 bits per heavy atom. The van der Waals surface area contributed by atoms with E-state index in [-0.39, 0.29) is 23.3 Å². The SMILES string of the molecule is CC(=O)c1cc(-c2ccc(C3CCNCC3)cc2)cc(-c2cn(-c3ccc(C(F)(F)F)cc3)nn2)c1.CC(=O)c1cc(-c2ccc(C3CCNCC3)cc2)cc(-n2cc(-c3ccc(C(F)(F)F)cc3)nn2)c1.CCC(=O)N1CCC(c2ccc(-c3cc(C(C)=O)cc4cc(-c5ccc(C(F)(F)F)cc5)ccc34)cc2)CC1. The molecule has 10 aromatic carbocycles. The number of ketones is 3.